The highest BCUT2D eigenvalue weighted by atomic mass is 35.5. The van der Waals surface area contributed by atoms with Crippen LogP contribution in [0.25, 0.3) is 0 Å². The molecule has 25 heavy (non-hydrogen) atoms. The first-order valence-electron chi connectivity index (χ1n) is 7.81. The van der Waals surface area contributed by atoms with E-state index < -0.39 is 0 Å². The van der Waals surface area contributed by atoms with E-state index in [1.165, 1.54) is 0 Å². The van der Waals surface area contributed by atoms with Crippen LogP contribution < -0.4 is 0 Å². The summed E-state index contributed by atoms with van der Waals surface area (Å²) in [6, 6.07) is 24.0. The monoisotopic (exact) mass is 349 g/mol. The summed E-state index contributed by atoms with van der Waals surface area (Å²) in [7, 11) is 0. The van der Waals surface area contributed by atoms with Crippen LogP contribution in [0.15, 0.2) is 83.9 Å². The molecular formula is C21H16ClNO2. The van der Waals surface area contributed by atoms with E-state index in [-0.39, 0.29) is 12.6 Å². The summed E-state index contributed by atoms with van der Waals surface area (Å²) >= 11 is 5.94. The van der Waals surface area contributed by atoms with Gasteiger partial charge in [-0.1, -0.05) is 60.1 Å². The van der Waals surface area contributed by atoms with Crippen molar-refractivity contribution in [3.05, 3.63) is 101 Å². The minimum absolute atomic E-state index is 0.251. The number of esters is 1. The van der Waals surface area contributed by atoms with Crippen molar-refractivity contribution >= 4 is 29.5 Å². The van der Waals surface area contributed by atoms with Gasteiger partial charge in [0.1, 0.15) is 6.61 Å². The third-order valence-corrected chi connectivity index (χ3v) is 3.74. The Morgan fingerprint density at radius 2 is 1.76 bits per heavy atom. The van der Waals surface area contributed by atoms with E-state index >= 15 is 0 Å². The minimum atomic E-state index is -0.359. The Morgan fingerprint density at radius 3 is 2.56 bits per heavy atom. The lowest BCUT2D eigenvalue weighted by atomic mass is 10.1. The summed E-state index contributed by atoms with van der Waals surface area (Å²) < 4.78 is 5.35. The van der Waals surface area contributed by atoms with Crippen LogP contribution in [0.2, 0.25) is 5.02 Å². The number of aliphatic imine (C=N–C) groups is 1. The average Bonchev–Trinajstić information content (AvgIpc) is 2.65. The second-order valence-electron chi connectivity index (χ2n) is 5.43. The highest BCUT2D eigenvalue weighted by Gasteiger charge is 2.07. The molecule has 0 radical (unpaired) electrons. The lowest BCUT2D eigenvalue weighted by Gasteiger charge is -2.05. The van der Waals surface area contributed by atoms with Gasteiger partial charge >= 0.3 is 5.97 Å². The first kappa shape index (κ1) is 16.9. The third kappa shape index (κ3) is 5.03. The highest BCUT2D eigenvalue weighted by Crippen LogP contribution is 2.18. The smallest absolute Gasteiger partial charge is 0.338 e. The van der Waals surface area contributed by atoms with Crippen molar-refractivity contribution in [1.29, 1.82) is 0 Å². The Kier molecular flexibility index (Phi) is 5.60. The molecule has 0 aliphatic heterocycles. The number of halogens is 1. The predicted molar refractivity (Wildman–Crippen MR) is 101 cm³/mol. The van der Waals surface area contributed by atoms with Gasteiger partial charge in [0.2, 0.25) is 0 Å². The summed E-state index contributed by atoms with van der Waals surface area (Å²) in [6.45, 7) is 0.251. The van der Waals surface area contributed by atoms with Gasteiger partial charge in [-0.05, 0) is 41.5 Å². The summed E-state index contributed by atoms with van der Waals surface area (Å²) in [4.78, 5) is 16.6. The fourth-order valence-corrected chi connectivity index (χ4v) is 2.44. The molecule has 3 aromatic carbocycles. The molecule has 0 N–H and O–H groups in total. The third-order valence-electron chi connectivity index (χ3n) is 3.51. The second-order valence-corrected chi connectivity index (χ2v) is 5.86. The Morgan fingerprint density at radius 1 is 0.960 bits per heavy atom. The maximum Gasteiger partial charge on any atom is 0.338 e. The number of carbonyl (C=O) groups is 1. The van der Waals surface area contributed by atoms with Crippen molar-refractivity contribution in [2.75, 3.05) is 0 Å². The molecule has 0 aromatic heterocycles. The van der Waals surface area contributed by atoms with Crippen molar-refractivity contribution < 1.29 is 9.53 Å². The zero-order chi connectivity index (χ0) is 17.5. The Hall–Kier alpha value is -2.91. The first-order valence-corrected chi connectivity index (χ1v) is 8.19. The maximum atomic E-state index is 12.2. The number of benzene rings is 3. The zero-order valence-corrected chi connectivity index (χ0v) is 14.2. The van der Waals surface area contributed by atoms with Crippen LogP contribution in [0.4, 0.5) is 5.69 Å². The van der Waals surface area contributed by atoms with Gasteiger partial charge in [0, 0.05) is 11.2 Å². The predicted octanol–water partition coefficient (Wildman–Crippen LogP) is 5.45. The molecule has 124 valence electrons. The van der Waals surface area contributed by atoms with Crippen LogP contribution in [0.3, 0.4) is 0 Å². The number of carbonyl (C=O) groups excluding carboxylic acids is 1. The molecule has 0 atom stereocenters. The number of nitrogens with zero attached hydrogens (tertiary/aromatic N) is 1. The molecule has 3 rings (SSSR count). The Balaban J connectivity index is 1.67. The summed E-state index contributed by atoms with van der Waals surface area (Å²) in [5.41, 5.74) is 3.01. The fraction of sp³-hybridized carbons (Fsp3) is 0.0476. The van der Waals surface area contributed by atoms with Crippen LogP contribution in [0.1, 0.15) is 21.5 Å². The van der Waals surface area contributed by atoms with Crippen molar-refractivity contribution in [2.45, 2.75) is 6.61 Å². The van der Waals surface area contributed by atoms with Gasteiger partial charge in [0.25, 0.3) is 0 Å². The van der Waals surface area contributed by atoms with E-state index in [1.54, 1.807) is 36.5 Å². The van der Waals surface area contributed by atoms with Crippen LogP contribution in [0.5, 0.6) is 0 Å². The maximum absolute atomic E-state index is 12.2. The van der Waals surface area contributed by atoms with Gasteiger partial charge in [-0.15, -0.1) is 0 Å². The molecule has 3 nitrogen and oxygen atoms in total. The molecule has 0 saturated heterocycles. The number of ether oxygens (including phenoxy) is 1. The van der Waals surface area contributed by atoms with Crippen molar-refractivity contribution in [3.8, 4) is 0 Å². The number of hydrogen-bond donors (Lipinski definition) is 0. The molecule has 0 fully saturated rings. The van der Waals surface area contributed by atoms with Crippen LogP contribution in [-0.4, -0.2) is 12.2 Å². The lowest BCUT2D eigenvalue weighted by molar-refractivity contribution is 0.0472. The molecule has 0 saturated carbocycles. The summed E-state index contributed by atoms with van der Waals surface area (Å²) in [5, 5.41) is 0.632. The first-order chi connectivity index (χ1) is 12.2. The molecule has 0 heterocycles. The number of rotatable bonds is 5. The van der Waals surface area contributed by atoms with Gasteiger partial charge < -0.3 is 4.74 Å². The van der Waals surface area contributed by atoms with E-state index in [0.29, 0.717) is 10.6 Å². The van der Waals surface area contributed by atoms with E-state index in [2.05, 4.69) is 4.99 Å². The van der Waals surface area contributed by atoms with E-state index in [0.717, 1.165) is 16.8 Å². The van der Waals surface area contributed by atoms with E-state index in [4.69, 9.17) is 16.3 Å². The van der Waals surface area contributed by atoms with Gasteiger partial charge in [0.15, 0.2) is 0 Å². The Labute approximate surface area is 151 Å². The van der Waals surface area contributed by atoms with Gasteiger partial charge in [0.05, 0.1) is 11.3 Å². The lowest BCUT2D eigenvalue weighted by Crippen LogP contribution is -2.05. The molecule has 0 spiro atoms. The minimum Gasteiger partial charge on any atom is -0.457 e. The zero-order valence-electron chi connectivity index (χ0n) is 13.4. The summed E-state index contributed by atoms with van der Waals surface area (Å²) in [5.74, 6) is -0.359. The van der Waals surface area contributed by atoms with Gasteiger partial charge in [-0.2, -0.15) is 0 Å². The van der Waals surface area contributed by atoms with Gasteiger partial charge in [-0.25, -0.2) is 4.79 Å². The van der Waals surface area contributed by atoms with E-state index in [1.807, 2.05) is 48.5 Å². The number of hydrogen-bond acceptors (Lipinski definition) is 3. The van der Waals surface area contributed by atoms with Crippen LogP contribution >= 0.6 is 11.6 Å². The highest BCUT2D eigenvalue weighted by molar-refractivity contribution is 6.30. The molecule has 0 amide bonds. The molecule has 3 aromatic rings. The molecule has 0 unspecified atom stereocenters. The molecule has 0 bridgehead atoms. The SMILES string of the molecule is O=C(OCc1ccccc1)c1cccc(/C=N\c2cccc(Cl)c2)c1. The summed E-state index contributed by atoms with van der Waals surface area (Å²) in [6.07, 6.45) is 1.69. The average molecular weight is 350 g/mol. The van der Waals surface area contributed by atoms with E-state index in [9.17, 15) is 4.79 Å². The normalized spacial score (nSPS) is 10.8. The second kappa shape index (κ2) is 8.27. The van der Waals surface area contributed by atoms with Crippen molar-refractivity contribution in [2.24, 2.45) is 4.99 Å². The molecular weight excluding hydrogens is 334 g/mol. The van der Waals surface area contributed by atoms with Crippen LogP contribution in [0, 0.1) is 0 Å². The standard InChI is InChI=1S/C21H16ClNO2/c22-19-10-5-11-20(13-19)23-14-17-8-4-9-18(12-17)21(24)25-15-16-6-2-1-3-7-16/h1-14H,15H2/b23-14-. The Bertz CT molecular complexity index is 891. The molecule has 0 aliphatic rings. The quantitative estimate of drug-likeness (QED) is 0.454. The van der Waals surface area contributed by atoms with Crippen LogP contribution in [-0.2, 0) is 11.3 Å². The topological polar surface area (TPSA) is 38.7 Å². The van der Waals surface area contributed by atoms with Crippen molar-refractivity contribution in [3.63, 3.8) is 0 Å². The fourth-order valence-electron chi connectivity index (χ4n) is 2.26. The molecule has 0 aliphatic carbocycles. The molecule has 4 heteroatoms. The van der Waals surface area contributed by atoms with Gasteiger partial charge in [-0.3, -0.25) is 4.99 Å². The largest absolute Gasteiger partial charge is 0.457 e. The van der Waals surface area contributed by atoms with Crippen molar-refractivity contribution in [1.82, 2.24) is 0 Å².